The second kappa shape index (κ2) is 16.2. The van der Waals surface area contributed by atoms with Crippen molar-refractivity contribution in [3.05, 3.63) is 145 Å². The minimum atomic E-state index is 0.664. The van der Waals surface area contributed by atoms with E-state index in [0.29, 0.717) is 13.2 Å². The molecule has 8 bridgehead atoms. The lowest BCUT2D eigenvalue weighted by molar-refractivity contribution is 0.303. The van der Waals surface area contributed by atoms with Gasteiger partial charge in [-0.05, 0) is 122 Å². The molecule has 5 aromatic heterocycles. The van der Waals surface area contributed by atoms with Crippen LogP contribution in [0.15, 0.2) is 122 Å². The van der Waals surface area contributed by atoms with Crippen molar-refractivity contribution in [1.82, 2.24) is 39.0 Å². The number of fused-ring (bicyclic) bond motifs is 8. The number of aryl methyl sites for hydroxylation is 2. The third kappa shape index (κ3) is 8.09. The smallest absolute Gasteiger partial charge is 0.119 e. The van der Waals surface area contributed by atoms with E-state index in [1.54, 1.807) is 0 Å². The molecule has 7 heterocycles. The molecule has 10 nitrogen and oxygen atoms in total. The van der Waals surface area contributed by atoms with Gasteiger partial charge >= 0.3 is 0 Å². The summed E-state index contributed by atoms with van der Waals surface area (Å²) < 4.78 is 16.4. The lowest BCUT2D eigenvalue weighted by atomic mass is 10.0. The molecule has 0 radical (unpaired) electrons. The molecule has 0 spiro atoms. The van der Waals surface area contributed by atoms with Crippen LogP contribution < -0.4 is 9.47 Å². The number of ether oxygens (including phenoxy) is 2. The lowest BCUT2D eigenvalue weighted by Crippen LogP contribution is -2.01. The van der Waals surface area contributed by atoms with Crippen LogP contribution >= 0.6 is 0 Å². The molecule has 0 amide bonds. The maximum absolute atomic E-state index is 6.10. The molecule has 278 valence electrons. The molecule has 56 heavy (non-hydrogen) atoms. The molecule has 0 saturated heterocycles. The Kier molecular flexibility index (Phi) is 10.1. The highest BCUT2D eigenvalue weighted by molar-refractivity contribution is 5.93. The number of aromatic amines is 2. The van der Waals surface area contributed by atoms with E-state index in [-0.39, 0.29) is 0 Å². The van der Waals surface area contributed by atoms with Gasteiger partial charge in [-0.2, -0.15) is 0 Å². The molecule has 2 aromatic carbocycles. The van der Waals surface area contributed by atoms with Crippen molar-refractivity contribution in [2.24, 2.45) is 0 Å². The van der Waals surface area contributed by atoms with Crippen molar-refractivity contribution in [3.63, 3.8) is 0 Å². The highest BCUT2D eigenvalue weighted by Gasteiger charge is 2.14. The topological polar surface area (TPSA) is 111 Å². The van der Waals surface area contributed by atoms with Crippen LogP contribution in [0.3, 0.4) is 0 Å². The van der Waals surface area contributed by atoms with Gasteiger partial charge in [0.25, 0.3) is 0 Å². The Morgan fingerprint density at radius 1 is 0.500 bits per heavy atom. The van der Waals surface area contributed by atoms with Crippen LogP contribution in [0.1, 0.15) is 48.5 Å². The number of nitrogens with zero attached hydrogens (tertiary/aromatic N) is 6. The first-order valence-corrected chi connectivity index (χ1v) is 19.2. The summed E-state index contributed by atoms with van der Waals surface area (Å²) in [5.74, 6) is 1.70. The fourth-order valence-corrected chi connectivity index (χ4v) is 7.13. The summed E-state index contributed by atoms with van der Waals surface area (Å²) in [6, 6.07) is 29.2. The standard InChI is InChI=1S/C46H42N8O2/c1(23-53-25-21-47-31-53)3-27-55-39-13-5-33(6-14-39)45-41-17-9-35(49-41)29-37-11-19-43(51-37)46(44-20-12-38(52-44)30-36-10-18-42(45)50-36)34-7-15-40(16-8-34)56-28-4-2-24-54-26-22-48-32-54/h5-22,25-26,29-32,49,52H,1-4,23-24,27-28H2. The van der Waals surface area contributed by atoms with Crippen molar-refractivity contribution < 1.29 is 9.47 Å². The van der Waals surface area contributed by atoms with Gasteiger partial charge in [0.15, 0.2) is 0 Å². The zero-order valence-corrected chi connectivity index (χ0v) is 31.0. The fraction of sp³-hybridized carbons (Fsp3) is 0.174. The second-order valence-corrected chi connectivity index (χ2v) is 14.0. The van der Waals surface area contributed by atoms with Gasteiger partial charge in [-0.25, -0.2) is 19.9 Å². The number of imidazole rings is 2. The summed E-state index contributed by atoms with van der Waals surface area (Å²) in [4.78, 5) is 25.7. The Hall–Kier alpha value is -6.94. The normalized spacial score (nSPS) is 12.0. The van der Waals surface area contributed by atoms with E-state index in [2.05, 4.69) is 114 Å². The molecular weight excluding hydrogens is 697 g/mol. The van der Waals surface area contributed by atoms with E-state index in [1.807, 2.05) is 61.7 Å². The molecule has 2 aliphatic rings. The molecule has 0 fully saturated rings. The Bertz CT molecular complexity index is 2450. The summed E-state index contributed by atoms with van der Waals surface area (Å²) >= 11 is 0. The van der Waals surface area contributed by atoms with Gasteiger partial charge in [0.05, 0.1) is 48.6 Å². The monoisotopic (exact) mass is 738 g/mol. The number of hydrogen-bond acceptors (Lipinski definition) is 6. The minimum absolute atomic E-state index is 0.664. The molecule has 0 saturated carbocycles. The predicted octanol–water partition coefficient (Wildman–Crippen LogP) is 10.1. The fourth-order valence-electron chi connectivity index (χ4n) is 7.13. The Morgan fingerprint density at radius 2 is 0.964 bits per heavy atom. The maximum Gasteiger partial charge on any atom is 0.119 e. The number of nitrogens with one attached hydrogen (secondary N) is 2. The predicted molar refractivity (Wildman–Crippen MR) is 224 cm³/mol. The van der Waals surface area contributed by atoms with Crippen LogP contribution in [0.25, 0.3) is 68.6 Å². The molecule has 2 aliphatic heterocycles. The largest absolute Gasteiger partial charge is 0.494 e. The molecule has 9 rings (SSSR count). The van der Waals surface area contributed by atoms with Crippen LogP contribution in [0.2, 0.25) is 0 Å². The number of unbranched alkanes of at least 4 members (excludes halogenated alkanes) is 2. The van der Waals surface area contributed by atoms with E-state index in [9.17, 15) is 0 Å². The molecule has 0 atom stereocenters. The highest BCUT2D eigenvalue weighted by atomic mass is 16.5. The quantitative estimate of drug-likeness (QED) is 0.107. The molecule has 10 heteroatoms. The molecule has 0 aliphatic carbocycles. The number of aromatic nitrogens is 8. The van der Waals surface area contributed by atoms with Crippen LogP contribution in [0, 0.1) is 0 Å². The van der Waals surface area contributed by atoms with Crippen LogP contribution in [-0.2, 0) is 13.1 Å². The SMILES string of the molecule is C1=Cc2nc1cc1ccc([nH]1)c(-c1ccc(OCCCCn3ccnc3)cc1)c1nc(cc3ccc([nH]3)c2-c2ccc(OCCCCn3ccnc3)cc2)C=C1. The van der Waals surface area contributed by atoms with E-state index in [1.165, 1.54) is 0 Å². The average Bonchev–Trinajstić information content (AvgIpc) is 4.08. The molecule has 2 N–H and O–H groups in total. The van der Waals surface area contributed by atoms with Gasteiger partial charge in [0, 0.05) is 71.1 Å². The summed E-state index contributed by atoms with van der Waals surface area (Å²) in [6.45, 7) is 3.21. The molecular formula is C46H42N8O2. The summed E-state index contributed by atoms with van der Waals surface area (Å²) in [5.41, 5.74) is 11.5. The van der Waals surface area contributed by atoms with Gasteiger partial charge in [-0.1, -0.05) is 24.3 Å². The summed E-state index contributed by atoms with van der Waals surface area (Å²) in [6.07, 6.45) is 23.6. The first kappa shape index (κ1) is 34.8. The van der Waals surface area contributed by atoms with Crippen LogP contribution in [-0.4, -0.2) is 52.3 Å². The van der Waals surface area contributed by atoms with E-state index < -0.39 is 0 Å². The van der Waals surface area contributed by atoms with Crippen molar-refractivity contribution in [3.8, 4) is 33.8 Å². The lowest BCUT2D eigenvalue weighted by Gasteiger charge is -2.09. The van der Waals surface area contributed by atoms with Gasteiger partial charge in [-0.3, -0.25) is 0 Å². The third-order valence-electron chi connectivity index (χ3n) is 9.96. The van der Waals surface area contributed by atoms with Crippen molar-refractivity contribution in [2.45, 2.75) is 38.8 Å². The number of benzene rings is 2. The Balaban J connectivity index is 0.995. The van der Waals surface area contributed by atoms with Gasteiger partial charge < -0.3 is 28.6 Å². The number of rotatable bonds is 14. The van der Waals surface area contributed by atoms with Crippen LogP contribution in [0.5, 0.6) is 11.5 Å². The van der Waals surface area contributed by atoms with Crippen molar-refractivity contribution in [2.75, 3.05) is 13.2 Å². The van der Waals surface area contributed by atoms with Crippen molar-refractivity contribution >= 4 is 46.4 Å². The first-order chi connectivity index (χ1) is 27.7. The second-order valence-electron chi connectivity index (χ2n) is 14.0. The van der Waals surface area contributed by atoms with Gasteiger partial charge in [-0.15, -0.1) is 0 Å². The van der Waals surface area contributed by atoms with Gasteiger partial charge in [0.1, 0.15) is 11.5 Å². The Morgan fingerprint density at radius 3 is 1.39 bits per heavy atom. The third-order valence-corrected chi connectivity index (χ3v) is 9.96. The summed E-state index contributed by atoms with van der Waals surface area (Å²) in [5, 5.41) is 0. The van der Waals surface area contributed by atoms with Crippen LogP contribution in [0.4, 0.5) is 0 Å². The molecule has 0 unspecified atom stereocenters. The van der Waals surface area contributed by atoms with Gasteiger partial charge in [0.2, 0.25) is 0 Å². The minimum Gasteiger partial charge on any atom is -0.494 e. The highest BCUT2D eigenvalue weighted by Crippen LogP contribution is 2.33. The van der Waals surface area contributed by atoms with Crippen molar-refractivity contribution in [1.29, 1.82) is 0 Å². The maximum atomic E-state index is 6.10. The first-order valence-electron chi connectivity index (χ1n) is 19.2. The zero-order valence-electron chi connectivity index (χ0n) is 31.0. The summed E-state index contributed by atoms with van der Waals surface area (Å²) in [7, 11) is 0. The molecule has 7 aromatic rings. The van der Waals surface area contributed by atoms with E-state index in [0.717, 1.165) is 117 Å². The zero-order chi connectivity index (χ0) is 37.5. The number of H-pyrrole nitrogens is 2. The average molecular weight is 739 g/mol. The van der Waals surface area contributed by atoms with E-state index in [4.69, 9.17) is 19.4 Å². The Labute approximate surface area is 324 Å². The van der Waals surface area contributed by atoms with E-state index >= 15 is 0 Å². The number of hydrogen-bond donors (Lipinski definition) is 2.